The molecule has 0 spiro atoms. The van der Waals surface area contributed by atoms with Gasteiger partial charge in [-0.3, -0.25) is 9.82 Å². The van der Waals surface area contributed by atoms with Gasteiger partial charge < -0.3 is 4.90 Å². The van der Waals surface area contributed by atoms with Gasteiger partial charge in [-0.05, 0) is 25.5 Å². The Bertz CT molecular complexity index is 672. The number of hydrogen-bond donors (Lipinski definition) is 1. The number of hydrogen-bond acceptors (Lipinski definition) is 5. The maximum atomic E-state index is 12.3. The van der Waals surface area contributed by atoms with E-state index < -0.39 is 0 Å². The average molecular weight is 348 g/mol. The van der Waals surface area contributed by atoms with Crippen LogP contribution in [0.1, 0.15) is 53.9 Å². The van der Waals surface area contributed by atoms with Gasteiger partial charge in [-0.2, -0.15) is 0 Å². The number of nitrogens with one attached hydrogen (secondary N) is 1. The number of amides is 2. The standard InChI is InChI=1S/C17H24N4O2S/c1-11(2)16-19-12(3)15(24-16)13(4)21(5)17(22)20-23-10-14-7-6-8-18-9-14/h6-9,11,13H,10H2,1-5H3,(H,20,22)/t13-/m1/s1. The van der Waals surface area contributed by atoms with E-state index in [1.807, 2.05) is 26.0 Å². The van der Waals surface area contributed by atoms with Crippen molar-refractivity contribution in [2.45, 2.75) is 46.3 Å². The maximum absolute atomic E-state index is 12.3. The third-order valence-corrected chi connectivity index (χ3v) is 5.37. The number of nitrogens with zero attached hydrogens (tertiary/aromatic N) is 3. The number of carbonyl (C=O) groups excluding carboxylic acids is 1. The van der Waals surface area contributed by atoms with Crippen LogP contribution in [0.5, 0.6) is 0 Å². The Balaban J connectivity index is 1.92. The van der Waals surface area contributed by atoms with E-state index >= 15 is 0 Å². The molecule has 130 valence electrons. The minimum absolute atomic E-state index is 0.0722. The van der Waals surface area contributed by atoms with Crippen LogP contribution in [-0.4, -0.2) is 27.9 Å². The van der Waals surface area contributed by atoms with Gasteiger partial charge in [0.05, 0.1) is 16.7 Å². The smallest absolute Gasteiger partial charge is 0.318 e. The van der Waals surface area contributed by atoms with Gasteiger partial charge in [0.25, 0.3) is 0 Å². The Labute approximate surface area is 146 Å². The van der Waals surface area contributed by atoms with Crippen LogP contribution >= 0.6 is 11.3 Å². The molecule has 1 atom stereocenters. The molecule has 6 nitrogen and oxygen atoms in total. The molecule has 2 amide bonds. The van der Waals surface area contributed by atoms with Crippen molar-refractivity contribution in [3.63, 3.8) is 0 Å². The molecule has 2 heterocycles. The highest BCUT2D eigenvalue weighted by atomic mass is 32.1. The van der Waals surface area contributed by atoms with E-state index in [4.69, 9.17) is 4.84 Å². The Morgan fingerprint density at radius 3 is 2.75 bits per heavy atom. The van der Waals surface area contributed by atoms with Gasteiger partial charge in [0, 0.05) is 30.2 Å². The van der Waals surface area contributed by atoms with E-state index in [0.29, 0.717) is 5.92 Å². The molecule has 2 aromatic rings. The predicted octanol–water partition coefficient (Wildman–Crippen LogP) is 3.80. The van der Waals surface area contributed by atoms with Crippen LogP contribution in [0, 0.1) is 6.92 Å². The molecular formula is C17H24N4O2S. The second-order valence-corrected chi connectivity index (χ2v) is 7.06. The summed E-state index contributed by atoms with van der Waals surface area (Å²) >= 11 is 1.66. The van der Waals surface area contributed by atoms with E-state index in [1.54, 1.807) is 35.7 Å². The van der Waals surface area contributed by atoms with Gasteiger partial charge in [-0.1, -0.05) is 19.9 Å². The van der Waals surface area contributed by atoms with Crippen LogP contribution in [0.3, 0.4) is 0 Å². The lowest BCUT2D eigenvalue weighted by Crippen LogP contribution is -2.38. The molecule has 0 aliphatic heterocycles. The van der Waals surface area contributed by atoms with Crippen molar-refractivity contribution in [1.29, 1.82) is 0 Å². The third-order valence-electron chi connectivity index (χ3n) is 3.74. The monoisotopic (exact) mass is 348 g/mol. The topological polar surface area (TPSA) is 67.4 Å². The zero-order valence-corrected chi connectivity index (χ0v) is 15.6. The fourth-order valence-electron chi connectivity index (χ4n) is 2.15. The third kappa shape index (κ3) is 4.52. The number of rotatable bonds is 6. The summed E-state index contributed by atoms with van der Waals surface area (Å²) < 4.78 is 0. The van der Waals surface area contributed by atoms with Crippen LogP contribution in [0.2, 0.25) is 0 Å². The van der Waals surface area contributed by atoms with Crippen LogP contribution in [0.4, 0.5) is 4.79 Å². The Hall–Kier alpha value is -1.99. The first-order chi connectivity index (χ1) is 11.4. The molecular weight excluding hydrogens is 324 g/mol. The SMILES string of the molecule is Cc1nc(C(C)C)sc1[C@@H](C)N(C)C(=O)NOCc1cccnc1. The van der Waals surface area contributed by atoms with E-state index in [9.17, 15) is 4.79 Å². The van der Waals surface area contributed by atoms with Crippen LogP contribution in [0.25, 0.3) is 0 Å². The lowest BCUT2D eigenvalue weighted by molar-refractivity contribution is 0.0356. The Morgan fingerprint density at radius 2 is 2.17 bits per heavy atom. The Kier molecular flexibility index (Phi) is 6.28. The summed E-state index contributed by atoms with van der Waals surface area (Å²) in [5.74, 6) is 0.386. The second-order valence-electron chi connectivity index (χ2n) is 6.00. The summed E-state index contributed by atoms with van der Waals surface area (Å²) in [6, 6.07) is 3.36. The quantitative estimate of drug-likeness (QED) is 0.806. The van der Waals surface area contributed by atoms with Gasteiger partial charge in [0.15, 0.2) is 0 Å². The van der Waals surface area contributed by atoms with Crippen molar-refractivity contribution in [3.8, 4) is 0 Å². The molecule has 0 aromatic carbocycles. The molecule has 0 fully saturated rings. The van der Waals surface area contributed by atoms with E-state index in [1.165, 1.54) is 0 Å². The second kappa shape index (κ2) is 8.21. The van der Waals surface area contributed by atoms with Crippen LogP contribution in [0.15, 0.2) is 24.5 Å². The zero-order chi connectivity index (χ0) is 17.7. The van der Waals surface area contributed by atoms with Crippen molar-refractivity contribution in [1.82, 2.24) is 20.3 Å². The predicted molar refractivity (Wildman–Crippen MR) is 94.7 cm³/mol. The normalized spacial score (nSPS) is 12.2. The molecule has 2 rings (SSSR count). The highest BCUT2D eigenvalue weighted by Gasteiger charge is 2.22. The summed E-state index contributed by atoms with van der Waals surface area (Å²) in [6.07, 6.45) is 3.40. The molecule has 0 aliphatic carbocycles. The van der Waals surface area contributed by atoms with Crippen LogP contribution < -0.4 is 5.48 Å². The van der Waals surface area contributed by atoms with Crippen molar-refractivity contribution >= 4 is 17.4 Å². The number of urea groups is 1. The number of pyridine rings is 1. The molecule has 0 saturated carbocycles. The molecule has 0 unspecified atom stereocenters. The van der Waals surface area contributed by atoms with Gasteiger partial charge >= 0.3 is 6.03 Å². The number of aromatic nitrogens is 2. The molecule has 2 aromatic heterocycles. The highest BCUT2D eigenvalue weighted by molar-refractivity contribution is 7.11. The maximum Gasteiger partial charge on any atom is 0.341 e. The first-order valence-electron chi connectivity index (χ1n) is 7.90. The molecule has 7 heteroatoms. The summed E-state index contributed by atoms with van der Waals surface area (Å²) in [4.78, 5) is 28.8. The summed E-state index contributed by atoms with van der Waals surface area (Å²) in [6.45, 7) is 8.49. The van der Waals surface area contributed by atoms with E-state index in [-0.39, 0.29) is 18.7 Å². The first-order valence-corrected chi connectivity index (χ1v) is 8.72. The molecule has 0 saturated heterocycles. The van der Waals surface area contributed by atoms with E-state index in [2.05, 4.69) is 29.3 Å². The molecule has 0 aliphatic rings. The van der Waals surface area contributed by atoms with E-state index in [0.717, 1.165) is 21.1 Å². The number of aryl methyl sites for hydroxylation is 1. The van der Waals surface area contributed by atoms with Crippen molar-refractivity contribution in [3.05, 3.63) is 45.7 Å². The van der Waals surface area contributed by atoms with Gasteiger partial charge in [-0.25, -0.2) is 15.3 Å². The largest absolute Gasteiger partial charge is 0.341 e. The first kappa shape index (κ1) is 18.4. The van der Waals surface area contributed by atoms with Crippen molar-refractivity contribution < 1.29 is 9.63 Å². The van der Waals surface area contributed by atoms with Gasteiger partial charge in [-0.15, -0.1) is 11.3 Å². The van der Waals surface area contributed by atoms with Gasteiger partial charge in [0.2, 0.25) is 0 Å². The van der Waals surface area contributed by atoms with Crippen molar-refractivity contribution in [2.24, 2.45) is 0 Å². The summed E-state index contributed by atoms with van der Waals surface area (Å²) in [5, 5.41) is 1.09. The lowest BCUT2D eigenvalue weighted by atomic mass is 10.2. The van der Waals surface area contributed by atoms with Crippen LogP contribution in [-0.2, 0) is 11.4 Å². The molecule has 0 bridgehead atoms. The molecule has 0 radical (unpaired) electrons. The van der Waals surface area contributed by atoms with Gasteiger partial charge in [0.1, 0.15) is 6.61 Å². The lowest BCUT2D eigenvalue weighted by Gasteiger charge is -2.24. The number of thiazole rings is 1. The Morgan fingerprint density at radius 1 is 1.42 bits per heavy atom. The average Bonchev–Trinajstić information content (AvgIpc) is 2.96. The minimum atomic E-state index is -0.287. The summed E-state index contributed by atoms with van der Waals surface area (Å²) in [5.41, 5.74) is 4.35. The van der Waals surface area contributed by atoms with Crippen molar-refractivity contribution in [2.75, 3.05) is 7.05 Å². The molecule has 1 N–H and O–H groups in total. The zero-order valence-electron chi connectivity index (χ0n) is 14.7. The number of carbonyl (C=O) groups is 1. The summed E-state index contributed by atoms with van der Waals surface area (Å²) in [7, 11) is 1.75. The molecule has 24 heavy (non-hydrogen) atoms. The fourth-order valence-corrected chi connectivity index (χ4v) is 3.32. The fraction of sp³-hybridized carbons (Fsp3) is 0.471. The highest BCUT2D eigenvalue weighted by Crippen LogP contribution is 2.31. The minimum Gasteiger partial charge on any atom is -0.318 e. The number of hydroxylamine groups is 1.